The number of benzene rings is 1. The fourth-order valence-corrected chi connectivity index (χ4v) is 3.76. The lowest BCUT2D eigenvalue weighted by molar-refractivity contribution is 0.0642. The highest BCUT2D eigenvalue weighted by molar-refractivity contribution is 7.07. The van der Waals surface area contributed by atoms with Gasteiger partial charge in [-0.3, -0.25) is 4.90 Å². The zero-order valence-corrected chi connectivity index (χ0v) is 16.5. The molecule has 27 heavy (non-hydrogen) atoms. The first-order valence-corrected chi connectivity index (χ1v) is 10.4. The average Bonchev–Trinajstić information content (AvgIpc) is 3.21. The molecule has 7 heteroatoms. The van der Waals surface area contributed by atoms with E-state index in [9.17, 15) is 4.79 Å². The topological polar surface area (TPSA) is 63.7 Å². The molecule has 1 aliphatic heterocycles. The number of carbonyl (C=O) groups excluding carboxylic acids is 1. The van der Waals surface area contributed by atoms with Crippen LogP contribution in [0.15, 0.2) is 35.2 Å². The molecule has 0 radical (unpaired) electrons. The predicted octanol–water partition coefficient (Wildman–Crippen LogP) is 3.82. The van der Waals surface area contributed by atoms with Crippen molar-refractivity contribution in [3.05, 3.63) is 46.4 Å². The van der Waals surface area contributed by atoms with Crippen LogP contribution in [-0.4, -0.2) is 41.7 Å². The molecule has 1 aromatic carbocycles. The maximum atomic E-state index is 11.6. The van der Waals surface area contributed by atoms with Crippen LogP contribution < -0.4 is 10.1 Å². The number of carbonyl (C=O) groups is 1. The van der Waals surface area contributed by atoms with Crippen LogP contribution in [0.4, 0.5) is 4.79 Å². The van der Waals surface area contributed by atoms with Gasteiger partial charge in [0, 0.05) is 24.5 Å². The van der Waals surface area contributed by atoms with Gasteiger partial charge < -0.3 is 14.8 Å². The number of hydrogen-bond donors (Lipinski definition) is 1. The van der Waals surface area contributed by atoms with Gasteiger partial charge in [0.2, 0.25) is 0 Å². The maximum absolute atomic E-state index is 11.6. The largest absolute Gasteiger partial charge is 0.487 e. The van der Waals surface area contributed by atoms with E-state index in [0.29, 0.717) is 19.8 Å². The number of thiazole rings is 1. The molecule has 1 aromatic heterocycles. The smallest absolute Gasteiger partial charge is 0.407 e. The Hall–Kier alpha value is -2.12. The van der Waals surface area contributed by atoms with E-state index in [1.807, 2.05) is 29.9 Å². The van der Waals surface area contributed by atoms with Gasteiger partial charge in [-0.1, -0.05) is 18.6 Å². The Morgan fingerprint density at radius 2 is 2.19 bits per heavy atom. The Bertz CT molecular complexity index is 691. The summed E-state index contributed by atoms with van der Waals surface area (Å²) in [7, 11) is 0. The number of nitrogens with one attached hydrogen (secondary N) is 1. The van der Waals surface area contributed by atoms with Crippen molar-refractivity contribution in [2.75, 3.05) is 19.7 Å². The molecule has 1 amide bonds. The van der Waals surface area contributed by atoms with Crippen LogP contribution in [0.1, 0.15) is 37.4 Å². The molecule has 1 aliphatic rings. The SMILES string of the molecule is CCNC(=O)OCC1CCCCN1Cc1ccc(OCc2cscn2)cc1. The number of rotatable bonds is 8. The number of amides is 1. The van der Waals surface area contributed by atoms with Crippen molar-refractivity contribution in [2.45, 2.75) is 45.4 Å². The first kappa shape index (κ1) is 19.6. The second kappa shape index (κ2) is 10.3. The van der Waals surface area contributed by atoms with Gasteiger partial charge in [0.15, 0.2) is 0 Å². The summed E-state index contributed by atoms with van der Waals surface area (Å²) in [5.41, 5.74) is 4.00. The van der Waals surface area contributed by atoms with E-state index in [0.717, 1.165) is 31.0 Å². The minimum Gasteiger partial charge on any atom is -0.487 e. The highest BCUT2D eigenvalue weighted by atomic mass is 32.1. The number of aromatic nitrogens is 1. The molecule has 1 fully saturated rings. The zero-order valence-electron chi connectivity index (χ0n) is 15.7. The second-order valence-electron chi connectivity index (χ2n) is 6.66. The zero-order chi connectivity index (χ0) is 18.9. The molecule has 0 spiro atoms. The summed E-state index contributed by atoms with van der Waals surface area (Å²) in [5.74, 6) is 0.849. The quantitative estimate of drug-likeness (QED) is 0.743. The third-order valence-electron chi connectivity index (χ3n) is 4.66. The molecule has 0 saturated carbocycles. The van der Waals surface area contributed by atoms with Crippen molar-refractivity contribution < 1.29 is 14.3 Å². The first-order chi connectivity index (χ1) is 13.2. The predicted molar refractivity (Wildman–Crippen MR) is 106 cm³/mol. The van der Waals surface area contributed by atoms with Gasteiger partial charge in [-0.2, -0.15) is 0 Å². The summed E-state index contributed by atoms with van der Waals surface area (Å²) in [4.78, 5) is 18.2. The number of hydrogen-bond acceptors (Lipinski definition) is 6. The Morgan fingerprint density at radius 3 is 2.93 bits per heavy atom. The Labute approximate surface area is 164 Å². The molecule has 2 aromatic rings. The maximum Gasteiger partial charge on any atom is 0.407 e. The normalized spacial score (nSPS) is 17.4. The summed E-state index contributed by atoms with van der Waals surface area (Å²) in [6, 6.07) is 8.50. The molecule has 6 nitrogen and oxygen atoms in total. The van der Waals surface area contributed by atoms with E-state index in [2.05, 4.69) is 27.3 Å². The van der Waals surface area contributed by atoms with Gasteiger partial charge in [-0.15, -0.1) is 11.3 Å². The number of piperidine rings is 1. The van der Waals surface area contributed by atoms with Crippen molar-refractivity contribution in [1.82, 2.24) is 15.2 Å². The summed E-state index contributed by atoms with van der Waals surface area (Å²) in [5, 5.41) is 4.67. The van der Waals surface area contributed by atoms with Crippen LogP contribution in [0.3, 0.4) is 0 Å². The molecule has 3 rings (SSSR count). The lowest BCUT2D eigenvalue weighted by Gasteiger charge is -2.35. The molecular weight excluding hydrogens is 362 g/mol. The minimum absolute atomic E-state index is 0.280. The monoisotopic (exact) mass is 389 g/mol. The van der Waals surface area contributed by atoms with Gasteiger partial charge in [0.25, 0.3) is 0 Å². The number of likely N-dealkylation sites (tertiary alicyclic amines) is 1. The Morgan fingerprint density at radius 1 is 1.33 bits per heavy atom. The molecule has 0 bridgehead atoms. The number of alkyl carbamates (subject to hydrolysis) is 1. The van der Waals surface area contributed by atoms with Crippen LogP contribution in [-0.2, 0) is 17.9 Å². The van der Waals surface area contributed by atoms with Crippen LogP contribution in [0.5, 0.6) is 5.75 Å². The van der Waals surface area contributed by atoms with Crippen molar-refractivity contribution in [3.8, 4) is 5.75 Å². The van der Waals surface area contributed by atoms with E-state index in [1.165, 1.54) is 18.4 Å². The summed E-state index contributed by atoms with van der Waals surface area (Å²) >= 11 is 1.57. The van der Waals surface area contributed by atoms with Crippen molar-refractivity contribution in [2.24, 2.45) is 0 Å². The van der Waals surface area contributed by atoms with Crippen molar-refractivity contribution >= 4 is 17.4 Å². The number of ether oxygens (including phenoxy) is 2. The Kier molecular flexibility index (Phi) is 7.47. The van der Waals surface area contributed by atoms with Crippen LogP contribution >= 0.6 is 11.3 Å². The van der Waals surface area contributed by atoms with Gasteiger partial charge in [0.05, 0.1) is 11.2 Å². The molecule has 1 saturated heterocycles. The van der Waals surface area contributed by atoms with E-state index >= 15 is 0 Å². The van der Waals surface area contributed by atoms with Crippen LogP contribution in [0.25, 0.3) is 0 Å². The van der Waals surface area contributed by atoms with Gasteiger partial charge in [-0.05, 0) is 44.0 Å². The molecule has 146 valence electrons. The molecule has 1 N–H and O–H groups in total. The highest BCUT2D eigenvalue weighted by Gasteiger charge is 2.23. The van der Waals surface area contributed by atoms with Crippen molar-refractivity contribution in [1.29, 1.82) is 0 Å². The van der Waals surface area contributed by atoms with Crippen LogP contribution in [0.2, 0.25) is 0 Å². The number of nitrogens with zero attached hydrogens (tertiary/aromatic N) is 2. The summed E-state index contributed by atoms with van der Waals surface area (Å²) in [6.45, 7) is 5.30. The Balaban J connectivity index is 1.50. The molecule has 2 heterocycles. The first-order valence-electron chi connectivity index (χ1n) is 9.48. The lowest BCUT2D eigenvalue weighted by Crippen LogP contribution is -2.43. The third-order valence-corrected chi connectivity index (χ3v) is 5.29. The summed E-state index contributed by atoms with van der Waals surface area (Å²) < 4.78 is 11.1. The van der Waals surface area contributed by atoms with E-state index in [4.69, 9.17) is 9.47 Å². The third kappa shape index (κ3) is 6.22. The molecule has 0 aliphatic carbocycles. The standard InChI is InChI=1S/C20H27N3O3S/c1-2-21-20(24)26-13-18-5-3-4-10-23(18)11-16-6-8-19(9-7-16)25-12-17-14-27-15-22-17/h6-9,14-15,18H,2-5,10-13H2,1H3,(H,21,24). The van der Waals surface area contributed by atoms with Gasteiger partial charge in [-0.25, -0.2) is 9.78 Å². The fraction of sp³-hybridized carbons (Fsp3) is 0.500. The van der Waals surface area contributed by atoms with E-state index < -0.39 is 0 Å². The lowest BCUT2D eigenvalue weighted by atomic mass is 10.0. The summed E-state index contributed by atoms with van der Waals surface area (Å²) in [6.07, 6.45) is 3.11. The minimum atomic E-state index is -0.329. The van der Waals surface area contributed by atoms with Crippen LogP contribution in [0, 0.1) is 0 Å². The second-order valence-corrected chi connectivity index (χ2v) is 7.38. The highest BCUT2D eigenvalue weighted by Crippen LogP contribution is 2.21. The molecule has 1 atom stereocenters. The van der Waals surface area contributed by atoms with Crippen molar-refractivity contribution in [3.63, 3.8) is 0 Å². The fourth-order valence-electron chi connectivity index (χ4n) is 3.22. The average molecular weight is 390 g/mol. The van der Waals surface area contributed by atoms with E-state index in [1.54, 1.807) is 11.3 Å². The van der Waals surface area contributed by atoms with Gasteiger partial charge >= 0.3 is 6.09 Å². The molecule has 1 unspecified atom stereocenters. The molecular formula is C20H27N3O3S. The van der Waals surface area contributed by atoms with Gasteiger partial charge in [0.1, 0.15) is 19.0 Å². The van der Waals surface area contributed by atoms with E-state index in [-0.39, 0.29) is 12.1 Å².